The van der Waals surface area contributed by atoms with Gasteiger partial charge in [-0.1, -0.05) is 29.8 Å². The Morgan fingerprint density at radius 2 is 2.19 bits per heavy atom. The smallest absolute Gasteiger partial charge is 0.237 e. The Hall–Kier alpha value is -1.43. The lowest BCUT2D eigenvalue weighted by molar-refractivity contribution is -0.122. The fourth-order valence-corrected chi connectivity index (χ4v) is 2.80. The first-order valence-electron chi connectivity index (χ1n) is 6.56. The number of hydrogen-bond donors (Lipinski definition) is 2. The van der Waals surface area contributed by atoms with Gasteiger partial charge in [0.05, 0.1) is 11.1 Å². The van der Waals surface area contributed by atoms with E-state index in [1.165, 1.54) is 10.9 Å². The monoisotopic (exact) mass is 326 g/mol. The minimum absolute atomic E-state index is 0.0451. The molecule has 21 heavy (non-hydrogen) atoms. The number of benzene rings is 1. The molecule has 1 aromatic heterocycles. The molecule has 112 valence electrons. The third-order valence-electron chi connectivity index (χ3n) is 3.10. The Kier molecular flexibility index (Phi) is 5.73. The van der Waals surface area contributed by atoms with E-state index in [0.29, 0.717) is 12.0 Å². The lowest BCUT2D eigenvalue weighted by Crippen LogP contribution is -2.40. The minimum Gasteiger partial charge on any atom is -0.351 e. The Balaban J connectivity index is 1.82. The van der Waals surface area contributed by atoms with Crippen molar-refractivity contribution in [1.29, 1.82) is 0 Å². The zero-order valence-corrected chi connectivity index (χ0v) is 12.9. The van der Waals surface area contributed by atoms with Gasteiger partial charge >= 0.3 is 0 Å². The highest BCUT2D eigenvalue weighted by Gasteiger charge is 2.14. The van der Waals surface area contributed by atoms with Crippen molar-refractivity contribution >= 4 is 28.8 Å². The zero-order valence-electron chi connectivity index (χ0n) is 11.3. The second kappa shape index (κ2) is 7.54. The zero-order chi connectivity index (χ0) is 15.2. The van der Waals surface area contributed by atoms with Gasteiger partial charge in [-0.15, -0.1) is 11.3 Å². The first-order valence-corrected chi connectivity index (χ1v) is 7.82. The molecule has 1 heterocycles. The number of hydrogen-bond acceptors (Lipinski definition) is 3. The average molecular weight is 327 g/mol. The van der Waals surface area contributed by atoms with Crippen LogP contribution in [0.2, 0.25) is 5.02 Å². The van der Waals surface area contributed by atoms with Crippen molar-refractivity contribution in [2.75, 3.05) is 0 Å². The van der Waals surface area contributed by atoms with Crippen LogP contribution in [0, 0.1) is 5.82 Å². The number of rotatable bonds is 6. The van der Waals surface area contributed by atoms with Crippen molar-refractivity contribution in [2.24, 2.45) is 5.73 Å². The number of carbonyl (C=O) groups is 1. The van der Waals surface area contributed by atoms with Crippen molar-refractivity contribution in [3.05, 3.63) is 57.0 Å². The van der Waals surface area contributed by atoms with Crippen molar-refractivity contribution in [1.82, 2.24) is 5.32 Å². The molecular formula is C15H16ClFN2OS. The third kappa shape index (κ3) is 4.52. The predicted molar refractivity (Wildman–Crippen MR) is 83.9 cm³/mol. The summed E-state index contributed by atoms with van der Waals surface area (Å²) in [6.45, 7) is 0.0813. The number of halogens is 2. The van der Waals surface area contributed by atoms with Gasteiger partial charge < -0.3 is 11.1 Å². The molecule has 0 spiro atoms. The highest BCUT2D eigenvalue weighted by molar-refractivity contribution is 7.09. The maximum Gasteiger partial charge on any atom is 0.237 e. The summed E-state index contributed by atoms with van der Waals surface area (Å²) in [5, 5.41) is 4.67. The van der Waals surface area contributed by atoms with E-state index in [9.17, 15) is 9.18 Å². The lowest BCUT2D eigenvalue weighted by Gasteiger charge is -2.12. The van der Waals surface area contributed by atoms with Crippen LogP contribution in [0.4, 0.5) is 4.39 Å². The van der Waals surface area contributed by atoms with Crippen LogP contribution in [0.3, 0.4) is 0 Å². The van der Waals surface area contributed by atoms with E-state index in [4.69, 9.17) is 17.3 Å². The number of thiophene rings is 1. The van der Waals surface area contributed by atoms with Gasteiger partial charge in [0.15, 0.2) is 0 Å². The van der Waals surface area contributed by atoms with Gasteiger partial charge in [-0.25, -0.2) is 4.39 Å². The molecule has 0 aliphatic rings. The average Bonchev–Trinajstić information content (AvgIpc) is 2.99. The second-order valence-electron chi connectivity index (χ2n) is 4.66. The highest BCUT2D eigenvalue weighted by Crippen LogP contribution is 2.17. The van der Waals surface area contributed by atoms with E-state index in [-0.39, 0.29) is 17.5 Å². The van der Waals surface area contributed by atoms with E-state index >= 15 is 0 Å². The van der Waals surface area contributed by atoms with Crippen LogP contribution in [0.1, 0.15) is 16.9 Å². The maximum absolute atomic E-state index is 13.7. The number of nitrogens with one attached hydrogen (secondary N) is 1. The number of amides is 1. The molecule has 0 saturated heterocycles. The molecule has 0 fully saturated rings. The summed E-state index contributed by atoms with van der Waals surface area (Å²) in [6.07, 6.45) is 1.32. The molecule has 0 aliphatic heterocycles. The van der Waals surface area contributed by atoms with Crippen LogP contribution in [0.5, 0.6) is 0 Å². The molecule has 3 N–H and O–H groups in total. The van der Waals surface area contributed by atoms with Crippen molar-refractivity contribution in [3.8, 4) is 0 Å². The molecule has 0 radical (unpaired) electrons. The quantitative estimate of drug-likeness (QED) is 0.857. The van der Waals surface area contributed by atoms with Crippen molar-refractivity contribution < 1.29 is 9.18 Å². The summed E-state index contributed by atoms with van der Waals surface area (Å²) in [6, 6.07) is 8.07. The van der Waals surface area contributed by atoms with Gasteiger partial charge in [-0.05, 0) is 30.4 Å². The molecule has 2 rings (SSSR count). The number of carbonyl (C=O) groups excluding carboxylic acids is 1. The van der Waals surface area contributed by atoms with Crippen molar-refractivity contribution in [2.45, 2.75) is 25.4 Å². The lowest BCUT2D eigenvalue weighted by atomic mass is 10.1. The van der Waals surface area contributed by atoms with E-state index in [2.05, 4.69) is 5.32 Å². The van der Waals surface area contributed by atoms with Gasteiger partial charge in [0.25, 0.3) is 0 Å². The third-order valence-corrected chi connectivity index (χ3v) is 4.33. The molecule has 1 atom stereocenters. The maximum atomic E-state index is 13.7. The first-order chi connectivity index (χ1) is 10.1. The fourth-order valence-electron chi connectivity index (χ4n) is 1.88. The van der Waals surface area contributed by atoms with Crippen LogP contribution in [-0.4, -0.2) is 11.9 Å². The molecular weight excluding hydrogens is 311 g/mol. The first kappa shape index (κ1) is 15.9. The molecule has 3 nitrogen and oxygen atoms in total. The van der Waals surface area contributed by atoms with Crippen LogP contribution >= 0.6 is 22.9 Å². The SMILES string of the molecule is N[C@@H](CCc1cccs1)C(=O)NCc1cccc(Cl)c1F. The molecule has 6 heteroatoms. The standard InChI is InChI=1S/C15H16ClFN2OS/c16-12-5-1-3-10(14(12)17)9-19-15(20)13(18)7-6-11-4-2-8-21-11/h1-5,8,13H,6-7,9,18H2,(H,19,20)/t13-/m0/s1. The van der Waals surface area contributed by atoms with Gasteiger partial charge in [-0.3, -0.25) is 4.79 Å². The molecule has 1 aromatic carbocycles. The predicted octanol–water partition coefficient (Wildman–Crippen LogP) is 3.12. The van der Waals surface area contributed by atoms with Crippen LogP contribution < -0.4 is 11.1 Å². The highest BCUT2D eigenvalue weighted by atomic mass is 35.5. The number of nitrogens with two attached hydrogens (primary N) is 1. The van der Waals surface area contributed by atoms with Crippen LogP contribution in [0.25, 0.3) is 0 Å². The molecule has 0 aliphatic carbocycles. The second-order valence-corrected chi connectivity index (χ2v) is 6.09. The summed E-state index contributed by atoms with van der Waals surface area (Å²) in [7, 11) is 0. The minimum atomic E-state index is -0.602. The van der Waals surface area contributed by atoms with Gasteiger partial charge in [0, 0.05) is 17.0 Å². The molecule has 0 saturated carbocycles. The summed E-state index contributed by atoms with van der Waals surface area (Å²) >= 11 is 7.33. The Bertz CT molecular complexity index is 604. The Labute approximate surface area is 131 Å². The molecule has 0 unspecified atom stereocenters. The topological polar surface area (TPSA) is 55.1 Å². The van der Waals surface area contributed by atoms with E-state index in [1.807, 2.05) is 17.5 Å². The summed E-state index contributed by atoms with van der Waals surface area (Å²) < 4.78 is 13.7. The molecule has 2 aromatic rings. The van der Waals surface area contributed by atoms with Gasteiger partial charge in [0.2, 0.25) is 5.91 Å². The van der Waals surface area contributed by atoms with E-state index in [1.54, 1.807) is 23.5 Å². The summed E-state index contributed by atoms with van der Waals surface area (Å²) in [4.78, 5) is 13.1. The van der Waals surface area contributed by atoms with E-state index in [0.717, 1.165) is 6.42 Å². The van der Waals surface area contributed by atoms with Crippen LogP contribution in [0.15, 0.2) is 35.7 Å². The molecule has 1 amide bonds. The summed E-state index contributed by atoms with van der Waals surface area (Å²) in [5.74, 6) is -0.794. The molecule has 0 bridgehead atoms. The van der Waals surface area contributed by atoms with Gasteiger partial charge in [-0.2, -0.15) is 0 Å². The Morgan fingerprint density at radius 1 is 1.38 bits per heavy atom. The largest absolute Gasteiger partial charge is 0.351 e. The normalized spacial score (nSPS) is 12.1. The van der Waals surface area contributed by atoms with Gasteiger partial charge in [0.1, 0.15) is 5.82 Å². The number of aryl methyl sites for hydroxylation is 1. The fraction of sp³-hybridized carbons (Fsp3) is 0.267. The van der Waals surface area contributed by atoms with Crippen molar-refractivity contribution in [3.63, 3.8) is 0 Å². The van der Waals surface area contributed by atoms with Crippen LogP contribution in [-0.2, 0) is 17.8 Å². The van der Waals surface area contributed by atoms with E-state index < -0.39 is 11.9 Å². The Morgan fingerprint density at radius 3 is 2.90 bits per heavy atom. The summed E-state index contributed by atoms with van der Waals surface area (Å²) in [5.41, 5.74) is 6.19.